The molecular formula is C20H31N3O2. The van der Waals surface area contributed by atoms with Crippen molar-refractivity contribution in [1.29, 1.82) is 0 Å². The molecule has 0 unspecified atom stereocenters. The van der Waals surface area contributed by atoms with E-state index in [1.165, 1.54) is 5.56 Å². The van der Waals surface area contributed by atoms with Gasteiger partial charge in [-0.3, -0.25) is 9.69 Å². The second kappa shape index (κ2) is 8.79. The van der Waals surface area contributed by atoms with Crippen LogP contribution in [0.1, 0.15) is 24.8 Å². The molecule has 2 aliphatic rings. The second-order valence-electron chi connectivity index (χ2n) is 7.56. The van der Waals surface area contributed by atoms with Crippen molar-refractivity contribution in [3.63, 3.8) is 0 Å². The first-order valence-electron chi connectivity index (χ1n) is 9.56. The summed E-state index contributed by atoms with van der Waals surface area (Å²) in [6, 6.07) is 10.2. The van der Waals surface area contributed by atoms with Crippen LogP contribution in [0.3, 0.4) is 0 Å². The summed E-state index contributed by atoms with van der Waals surface area (Å²) >= 11 is 0. The number of amides is 1. The summed E-state index contributed by atoms with van der Waals surface area (Å²) in [5.41, 5.74) is 1.53. The van der Waals surface area contributed by atoms with Crippen LogP contribution >= 0.6 is 0 Å². The smallest absolute Gasteiger partial charge is 0.234 e. The molecule has 0 radical (unpaired) electrons. The number of nitrogens with zero attached hydrogens (tertiary/aromatic N) is 1. The Bertz CT molecular complexity index is 541. The zero-order valence-corrected chi connectivity index (χ0v) is 15.0. The fourth-order valence-corrected chi connectivity index (χ4v) is 4.36. The Kier molecular flexibility index (Phi) is 6.45. The molecule has 2 heterocycles. The fourth-order valence-electron chi connectivity index (χ4n) is 4.36. The molecule has 1 aromatic rings. The number of rotatable bonds is 6. The van der Waals surface area contributed by atoms with Gasteiger partial charge in [-0.25, -0.2) is 0 Å². The highest BCUT2D eigenvalue weighted by Crippen LogP contribution is 2.43. The van der Waals surface area contributed by atoms with E-state index in [0.29, 0.717) is 19.0 Å². The van der Waals surface area contributed by atoms with E-state index in [0.717, 1.165) is 51.9 Å². The summed E-state index contributed by atoms with van der Waals surface area (Å²) < 4.78 is 0. The standard InChI is InChI=1S/C20H31N3O2/c24-16-18-14-21-11-7-20(18)8-12-23(13-9-20)15-19(25)22-10-6-17-4-2-1-3-5-17/h1-5,18,21,24H,6-16H2,(H,22,25)/t18-/m0/s1. The van der Waals surface area contributed by atoms with Crippen molar-refractivity contribution in [3.05, 3.63) is 35.9 Å². The number of benzene rings is 1. The first kappa shape index (κ1) is 18.4. The molecule has 2 saturated heterocycles. The molecule has 0 bridgehead atoms. The Morgan fingerprint density at radius 2 is 2.00 bits per heavy atom. The fraction of sp³-hybridized carbons (Fsp3) is 0.650. The highest BCUT2D eigenvalue weighted by atomic mass is 16.3. The zero-order chi connectivity index (χ0) is 17.5. The molecule has 1 aromatic carbocycles. The molecule has 3 N–H and O–H groups in total. The van der Waals surface area contributed by atoms with Gasteiger partial charge in [-0.15, -0.1) is 0 Å². The monoisotopic (exact) mass is 345 g/mol. The number of aliphatic hydroxyl groups is 1. The average Bonchev–Trinajstić information content (AvgIpc) is 2.65. The molecule has 5 nitrogen and oxygen atoms in total. The van der Waals surface area contributed by atoms with Gasteiger partial charge in [0.15, 0.2) is 0 Å². The van der Waals surface area contributed by atoms with Gasteiger partial charge in [0.1, 0.15) is 0 Å². The summed E-state index contributed by atoms with van der Waals surface area (Å²) in [6.45, 7) is 5.36. The Labute approximate surface area is 150 Å². The summed E-state index contributed by atoms with van der Waals surface area (Å²) in [5, 5.41) is 16.1. The molecule has 0 saturated carbocycles. The summed E-state index contributed by atoms with van der Waals surface area (Å²) in [4.78, 5) is 14.5. The van der Waals surface area contributed by atoms with E-state index in [2.05, 4.69) is 27.7 Å². The molecule has 1 amide bonds. The quantitative estimate of drug-likeness (QED) is 0.721. The van der Waals surface area contributed by atoms with Crippen LogP contribution in [0.25, 0.3) is 0 Å². The summed E-state index contributed by atoms with van der Waals surface area (Å²) in [6.07, 6.45) is 4.21. The van der Waals surface area contributed by atoms with Crippen molar-refractivity contribution in [1.82, 2.24) is 15.5 Å². The molecule has 1 atom stereocenters. The largest absolute Gasteiger partial charge is 0.396 e. The number of likely N-dealkylation sites (tertiary alicyclic amines) is 1. The van der Waals surface area contributed by atoms with E-state index in [1.807, 2.05) is 18.2 Å². The van der Waals surface area contributed by atoms with E-state index >= 15 is 0 Å². The van der Waals surface area contributed by atoms with Crippen LogP contribution in [0.15, 0.2) is 30.3 Å². The van der Waals surface area contributed by atoms with Gasteiger partial charge >= 0.3 is 0 Å². The van der Waals surface area contributed by atoms with Crippen molar-refractivity contribution in [3.8, 4) is 0 Å². The Morgan fingerprint density at radius 3 is 2.72 bits per heavy atom. The molecule has 0 aliphatic carbocycles. The Balaban J connectivity index is 1.39. The molecular weight excluding hydrogens is 314 g/mol. The molecule has 25 heavy (non-hydrogen) atoms. The van der Waals surface area contributed by atoms with Gasteiger partial charge in [0.05, 0.1) is 6.54 Å². The third kappa shape index (κ3) is 4.81. The number of hydrogen-bond donors (Lipinski definition) is 3. The lowest BCUT2D eigenvalue weighted by Gasteiger charge is -2.49. The van der Waals surface area contributed by atoms with E-state index in [4.69, 9.17) is 0 Å². The van der Waals surface area contributed by atoms with Gasteiger partial charge in [0.25, 0.3) is 0 Å². The lowest BCUT2D eigenvalue weighted by molar-refractivity contribution is -0.123. The molecule has 5 heteroatoms. The van der Waals surface area contributed by atoms with Crippen LogP contribution in [0, 0.1) is 11.3 Å². The maximum Gasteiger partial charge on any atom is 0.234 e. The molecule has 1 spiro atoms. The average molecular weight is 345 g/mol. The molecule has 2 aliphatic heterocycles. The molecule has 3 rings (SSSR count). The van der Waals surface area contributed by atoms with E-state index in [-0.39, 0.29) is 17.9 Å². The predicted molar refractivity (Wildman–Crippen MR) is 99.3 cm³/mol. The van der Waals surface area contributed by atoms with Gasteiger partial charge in [-0.1, -0.05) is 30.3 Å². The zero-order valence-electron chi connectivity index (χ0n) is 15.0. The maximum atomic E-state index is 12.2. The van der Waals surface area contributed by atoms with Gasteiger partial charge in [0, 0.05) is 25.6 Å². The number of piperidine rings is 2. The second-order valence-corrected chi connectivity index (χ2v) is 7.56. The molecule has 138 valence electrons. The SMILES string of the molecule is O=C(CN1CCC2(CCNC[C@H]2CO)CC1)NCCc1ccccc1. The van der Waals surface area contributed by atoms with Gasteiger partial charge in [-0.2, -0.15) is 0 Å². The molecule has 2 fully saturated rings. The van der Waals surface area contributed by atoms with Crippen LogP contribution in [-0.2, 0) is 11.2 Å². The minimum absolute atomic E-state index is 0.121. The maximum absolute atomic E-state index is 12.2. The van der Waals surface area contributed by atoms with Crippen LogP contribution in [0.4, 0.5) is 0 Å². The van der Waals surface area contributed by atoms with Crippen molar-refractivity contribution in [2.75, 3.05) is 45.9 Å². The number of aliphatic hydroxyl groups excluding tert-OH is 1. The van der Waals surface area contributed by atoms with Crippen LogP contribution in [0.5, 0.6) is 0 Å². The number of nitrogens with one attached hydrogen (secondary N) is 2. The number of carbonyl (C=O) groups excluding carboxylic acids is 1. The van der Waals surface area contributed by atoms with Crippen LogP contribution in [-0.4, -0.2) is 61.8 Å². The normalized spacial score (nSPS) is 23.5. The predicted octanol–water partition coefficient (Wildman–Crippen LogP) is 1.03. The lowest BCUT2D eigenvalue weighted by atomic mass is 9.65. The van der Waals surface area contributed by atoms with Crippen LogP contribution in [0.2, 0.25) is 0 Å². The van der Waals surface area contributed by atoms with E-state index < -0.39 is 0 Å². The van der Waals surface area contributed by atoms with Crippen molar-refractivity contribution < 1.29 is 9.90 Å². The van der Waals surface area contributed by atoms with Gasteiger partial charge < -0.3 is 15.7 Å². The minimum Gasteiger partial charge on any atom is -0.396 e. The first-order chi connectivity index (χ1) is 12.2. The lowest BCUT2D eigenvalue weighted by Crippen LogP contribution is -2.53. The number of carbonyl (C=O) groups is 1. The number of hydrogen-bond acceptors (Lipinski definition) is 4. The minimum atomic E-state index is 0.121. The van der Waals surface area contributed by atoms with Gasteiger partial charge in [0.2, 0.25) is 5.91 Å². The van der Waals surface area contributed by atoms with Crippen molar-refractivity contribution in [2.45, 2.75) is 25.7 Å². The van der Waals surface area contributed by atoms with Crippen LogP contribution < -0.4 is 10.6 Å². The Morgan fingerprint density at radius 1 is 1.24 bits per heavy atom. The third-order valence-corrected chi connectivity index (χ3v) is 6.07. The van der Waals surface area contributed by atoms with Crippen molar-refractivity contribution in [2.24, 2.45) is 11.3 Å². The molecule has 0 aromatic heterocycles. The van der Waals surface area contributed by atoms with E-state index in [1.54, 1.807) is 0 Å². The highest BCUT2D eigenvalue weighted by molar-refractivity contribution is 5.78. The first-order valence-corrected chi connectivity index (χ1v) is 9.56. The Hall–Kier alpha value is -1.43. The summed E-state index contributed by atoms with van der Waals surface area (Å²) in [7, 11) is 0. The van der Waals surface area contributed by atoms with E-state index in [9.17, 15) is 9.90 Å². The summed E-state index contributed by atoms with van der Waals surface area (Å²) in [5.74, 6) is 0.485. The topological polar surface area (TPSA) is 64.6 Å². The van der Waals surface area contributed by atoms with Gasteiger partial charge in [-0.05, 0) is 56.3 Å². The van der Waals surface area contributed by atoms with Crippen molar-refractivity contribution >= 4 is 5.91 Å². The highest BCUT2D eigenvalue weighted by Gasteiger charge is 2.42. The third-order valence-electron chi connectivity index (χ3n) is 6.07.